The number of rotatable bonds is 11. The Morgan fingerprint density at radius 1 is 0.900 bits per heavy atom. The molecule has 5 heteroatoms. The Balaban J connectivity index is 1.41. The van der Waals surface area contributed by atoms with Crippen LogP contribution in [0.25, 0.3) is 11.1 Å². The van der Waals surface area contributed by atoms with Crippen LogP contribution in [0.5, 0.6) is 0 Å². The van der Waals surface area contributed by atoms with E-state index >= 15 is 0 Å². The molecule has 0 atom stereocenters. The van der Waals surface area contributed by atoms with E-state index in [0.29, 0.717) is 26.1 Å². The van der Waals surface area contributed by atoms with E-state index in [0.717, 1.165) is 16.7 Å². The molecule has 0 radical (unpaired) electrons. The number of hydrogen-bond acceptors (Lipinski definition) is 4. The standard InChI is InChI=1S/C25H26N2O3/c28-25(29)14-15-26-18-21-11-9-20(10-12-21)13-16-27-30-19-22-5-4-8-24(17-22)23-6-2-1-3-7-23/h1-12,16-17,26H,13-15,18-19H2,(H,28,29). The normalized spacial score (nSPS) is 10.9. The first kappa shape index (κ1) is 21.3. The quantitative estimate of drug-likeness (QED) is 0.278. The third kappa shape index (κ3) is 7.18. The van der Waals surface area contributed by atoms with Crippen molar-refractivity contribution in [1.82, 2.24) is 5.32 Å². The Kier molecular flexibility index (Phi) is 8.18. The SMILES string of the molecule is O=C(O)CCNCc1ccc(CC=NOCc2cccc(-c3ccccc3)c2)cc1. The Labute approximate surface area is 177 Å². The van der Waals surface area contributed by atoms with E-state index in [2.05, 4.69) is 34.7 Å². The zero-order valence-corrected chi connectivity index (χ0v) is 16.8. The Bertz CT molecular complexity index is 954. The highest BCUT2D eigenvalue weighted by molar-refractivity contribution is 5.66. The molecule has 0 saturated heterocycles. The van der Waals surface area contributed by atoms with Gasteiger partial charge in [-0.3, -0.25) is 4.79 Å². The summed E-state index contributed by atoms with van der Waals surface area (Å²) in [5.41, 5.74) is 5.69. The van der Waals surface area contributed by atoms with E-state index in [1.165, 1.54) is 11.1 Å². The van der Waals surface area contributed by atoms with Gasteiger partial charge in [0.2, 0.25) is 0 Å². The predicted molar refractivity (Wildman–Crippen MR) is 119 cm³/mol. The van der Waals surface area contributed by atoms with Gasteiger partial charge in [-0.05, 0) is 33.9 Å². The summed E-state index contributed by atoms with van der Waals surface area (Å²) < 4.78 is 0. The molecule has 0 spiro atoms. The van der Waals surface area contributed by atoms with Crippen molar-refractivity contribution < 1.29 is 14.7 Å². The summed E-state index contributed by atoms with van der Waals surface area (Å²) in [5, 5.41) is 15.8. The minimum absolute atomic E-state index is 0.130. The van der Waals surface area contributed by atoms with Crippen molar-refractivity contribution in [3.8, 4) is 11.1 Å². The molecule has 0 aliphatic heterocycles. The smallest absolute Gasteiger partial charge is 0.304 e. The van der Waals surface area contributed by atoms with E-state index in [-0.39, 0.29) is 6.42 Å². The van der Waals surface area contributed by atoms with Gasteiger partial charge in [-0.25, -0.2) is 0 Å². The summed E-state index contributed by atoms with van der Waals surface area (Å²) in [7, 11) is 0. The largest absolute Gasteiger partial charge is 0.481 e. The lowest BCUT2D eigenvalue weighted by atomic mass is 10.0. The lowest BCUT2D eigenvalue weighted by Gasteiger charge is -2.05. The summed E-state index contributed by atoms with van der Waals surface area (Å²) in [5.74, 6) is -0.789. The van der Waals surface area contributed by atoms with Crippen molar-refractivity contribution in [1.29, 1.82) is 0 Å². The average Bonchev–Trinajstić information content (AvgIpc) is 2.78. The fraction of sp³-hybridized carbons (Fsp3) is 0.200. The van der Waals surface area contributed by atoms with E-state index in [9.17, 15) is 4.79 Å². The fourth-order valence-corrected chi connectivity index (χ4v) is 3.00. The number of carbonyl (C=O) groups is 1. The highest BCUT2D eigenvalue weighted by Gasteiger charge is 2.00. The predicted octanol–water partition coefficient (Wildman–Crippen LogP) is 4.66. The van der Waals surface area contributed by atoms with Crippen molar-refractivity contribution in [2.24, 2.45) is 5.16 Å². The topological polar surface area (TPSA) is 70.9 Å². The molecule has 154 valence electrons. The summed E-state index contributed by atoms with van der Waals surface area (Å²) in [6.07, 6.45) is 2.59. The second-order valence-electron chi connectivity index (χ2n) is 6.97. The molecule has 30 heavy (non-hydrogen) atoms. The molecule has 0 bridgehead atoms. The van der Waals surface area contributed by atoms with Crippen LogP contribution in [0.15, 0.2) is 84.0 Å². The summed E-state index contributed by atoms with van der Waals surface area (Å²) in [6, 6.07) is 26.7. The molecule has 0 heterocycles. The van der Waals surface area contributed by atoms with E-state index < -0.39 is 5.97 Å². The summed E-state index contributed by atoms with van der Waals surface area (Å²) in [6.45, 7) is 1.56. The number of hydrogen-bond donors (Lipinski definition) is 2. The lowest BCUT2D eigenvalue weighted by Crippen LogP contribution is -2.17. The first-order valence-electron chi connectivity index (χ1n) is 9.99. The van der Waals surface area contributed by atoms with Crippen LogP contribution in [0.4, 0.5) is 0 Å². The van der Waals surface area contributed by atoms with Gasteiger partial charge in [-0.2, -0.15) is 0 Å². The highest BCUT2D eigenvalue weighted by Crippen LogP contribution is 2.20. The first-order valence-corrected chi connectivity index (χ1v) is 9.99. The van der Waals surface area contributed by atoms with E-state index in [1.54, 1.807) is 6.21 Å². The maximum atomic E-state index is 10.5. The van der Waals surface area contributed by atoms with Gasteiger partial charge < -0.3 is 15.3 Å². The Hall–Kier alpha value is -3.44. The molecule has 0 amide bonds. The zero-order valence-electron chi connectivity index (χ0n) is 16.8. The number of aliphatic carboxylic acids is 1. The molecule has 2 N–H and O–H groups in total. The molecule has 3 aromatic rings. The molecule has 0 aliphatic rings. The van der Waals surface area contributed by atoms with Crippen LogP contribution in [0.1, 0.15) is 23.1 Å². The maximum Gasteiger partial charge on any atom is 0.304 e. The minimum Gasteiger partial charge on any atom is -0.481 e. The van der Waals surface area contributed by atoms with Crippen LogP contribution in [0, 0.1) is 0 Å². The second-order valence-corrected chi connectivity index (χ2v) is 6.97. The highest BCUT2D eigenvalue weighted by atomic mass is 16.6. The fourth-order valence-electron chi connectivity index (χ4n) is 3.00. The molecule has 0 aliphatic carbocycles. The number of oxime groups is 1. The number of nitrogens with zero attached hydrogens (tertiary/aromatic N) is 1. The van der Waals surface area contributed by atoms with Crippen molar-refractivity contribution >= 4 is 12.2 Å². The van der Waals surface area contributed by atoms with Gasteiger partial charge in [0, 0.05) is 25.7 Å². The van der Waals surface area contributed by atoms with Crippen LogP contribution < -0.4 is 5.32 Å². The first-order chi connectivity index (χ1) is 14.7. The van der Waals surface area contributed by atoms with Gasteiger partial charge in [0.15, 0.2) is 0 Å². The lowest BCUT2D eigenvalue weighted by molar-refractivity contribution is -0.136. The van der Waals surface area contributed by atoms with Crippen LogP contribution in [-0.2, 0) is 29.2 Å². The second kappa shape index (κ2) is 11.5. The van der Waals surface area contributed by atoms with Crippen molar-refractivity contribution in [2.75, 3.05) is 6.54 Å². The number of carboxylic acids is 1. The molecule has 0 aromatic heterocycles. The van der Waals surface area contributed by atoms with Gasteiger partial charge in [-0.15, -0.1) is 0 Å². The Morgan fingerprint density at radius 2 is 1.63 bits per heavy atom. The summed E-state index contributed by atoms with van der Waals surface area (Å²) >= 11 is 0. The maximum absolute atomic E-state index is 10.5. The van der Waals surface area contributed by atoms with Crippen LogP contribution in [0.2, 0.25) is 0 Å². The number of carboxylic acid groups (broad SMARTS) is 1. The third-order valence-corrected chi connectivity index (χ3v) is 4.61. The van der Waals surface area contributed by atoms with Crippen LogP contribution in [-0.4, -0.2) is 23.8 Å². The molecular weight excluding hydrogens is 376 g/mol. The molecule has 3 aromatic carbocycles. The van der Waals surface area contributed by atoms with Gasteiger partial charge in [0.1, 0.15) is 6.61 Å². The molecular formula is C25H26N2O3. The van der Waals surface area contributed by atoms with Crippen LogP contribution in [0.3, 0.4) is 0 Å². The number of nitrogens with one attached hydrogen (secondary N) is 1. The summed E-state index contributed by atoms with van der Waals surface area (Å²) in [4.78, 5) is 15.9. The van der Waals surface area contributed by atoms with Crippen LogP contribution >= 0.6 is 0 Å². The van der Waals surface area contributed by atoms with Crippen molar-refractivity contribution in [2.45, 2.75) is 26.0 Å². The third-order valence-electron chi connectivity index (χ3n) is 4.61. The molecule has 5 nitrogen and oxygen atoms in total. The van der Waals surface area contributed by atoms with Gasteiger partial charge in [0.25, 0.3) is 0 Å². The average molecular weight is 402 g/mol. The molecule has 0 fully saturated rings. The Morgan fingerprint density at radius 3 is 2.40 bits per heavy atom. The molecule has 0 saturated carbocycles. The van der Waals surface area contributed by atoms with E-state index in [4.69, 9.17) is 9.94 Å². The minimum atomic E-state index is -0.789. The van der Waals surface area contributed by atoms with Gasteiger partial charge in [0.05, 0.1) is 6.42 Å². The van der Waals surface area contributed by atoms with Gasteiger partial charge >= 0.3 is 5.97 Å². The van der Waals surface area contributed by atoms with E-state index in [1.807, 2.05) is 54.6 Å². The van der Waals surface area contributed by atoms with Gasteiger partial charge in [-0.1, -0.05) is 78.0 Å². The molecule has 0 unspecified atom stereocenters. The van der Waals surface area contributed by atoms with Crippen molar-refractivity contribution in [3.63, 3.8) is 0 Å². The number of benzene rings is 3. The monoisotopic (exact) mass is 402 g/mol. The zero-order chi connectivity index (χ0) is 21.0. The molecule has 3 rings (SSSR count). The van der Waals surface area contributed by atoms with Crippen molar-refractivity contribution in [3.05, 3.63) is 95.6 Å².